The second kappa shape index (κ2) is 6.44. The van der Waals surface area contributed by atoms with E-state index < -0.39 is 10.0 Å². The first-order chi connectivity index (χ1) is 12.5. The van der Waals surface area contributed by atoms with E-state index in [0.29, 0.717) is 11.4 Å². The van der Waals surface area contributed by atoms with E-state index in [4.69, 9.17) is 0 Å². The van der Waals surface area contributed by atoms with E-state index in [9.17, 15) is 13.2 Å². The van der Waals surface area contributed by atoms with E-state index in [0.717, 1.165) is 43.4 Å². The fourth-order valence-corrected chi connectivity index (χ4v) is 4.64. The van der Waals surface area contributed by atoms with Gasteiger partial charge < -0.3 is 5.32 Å². The molecule has 1 N–H and O–H groups in total. The molecule has 1 amide bonds. The number of carbonyl (C=O) groups excluding carboxylic acids is 1. The Hall–Kier alpha value is -2.32. The smallest absolute Gasteiger partial charge is 0.256 e. The molecule has 2 aromatic rings. The lowest BCUT2D eigenvalue weighted by atomic mass is 10.2. The number of anilines is 1. The van der Waals surface area contributed by atoms with Crippen LogP contribution in [0.2, 0.25) is 0 Å². The van der Waals surface area contributed by atoms with Gasteiger partial charge in [-0.25, -0.2) is 18.4 Å². The molecule has 2 aliphatic carbocycles. The monoisotopic (exact) mass is 372 g/mol. The number of hydrogen-bond donors (Lipinski definition) is 1. The van der Waals surface area contributed by atoms with Crippen LogP contribution in [0.1, 0.15) is 40.9 Å². The van der Waals surface area contributed by atoms with Crippen molar-refractivity contribution in [1.82, 2.24) is 14.3 Å². The summed E-state index contributed by atoms with van der Waals surface area (Å²) in [6, 6.07) is 6.12. The molecule has 2 aliphatic rings. The van der Waals surface area contributed by atoms with Gasteiger partial charge in [0.1, 0.15) is 12.1 Å². The average molecular weight is 372 g/mol. The molecular formula is C18H20N4O3S. The molecular weight excluding hydrogens is 352 g/mol. The Morgan fingerprint density at radius 2 is 1.88 bits per heavy atom. The Labute approximate surface area is 152 Å². The summed E-state index contributed by atoms with van der Waals surface area (Å²) in [7, 11) is -1.90. The molecule has 0 unspecified atom stereocenters. The van der Waals surface area contributed by atoms with Gasteiger partial charge in [0.25, 0.3) is 5.91 Å². The Morgan fingerprint density at radius 1 is 1.15 bits per heavy atom. The average Bonchev–Trinajstić information content (AvgIpc) is 3.38. The predicted octanol–water partition coefficient (Wildman–Crippen LogP) is 2.00. The summed E-state index contributed by atoms with van der Waals surface area (Å²) in [5.41, 5.74) is 2.37. The topological polar surface area (TPSA) is 92.3 Å². The van der Waals surface area contributed by atoms with E-state index in [2.05, 4.69) is 15.3 Å². The maximum atomic E-state index is 12.5. The molecule has 1 saturated carbocycles. The molecule has 1 heterocycles. The van der Waals surface area contributed by atoms with Gasteiger partial charge >= 0.3 is 0 Å². The number of nitrogens with zero attached hydrogens (tertiary/aromatic N) is 3. The lowest BCUT2D eigenvalue weighted by molar-refractivity contribution is 0.102. The standard InChI is InChI=1S/C18H20N4O3S/c1-22(13-7-8-13)26(24,25)14-9-5-12(6-10-14)18(23)21-17-15-3-2-4-16(15)19-11-20-17/h5-6,9-11,13H,2-4,7-8H2,1H3,(H,19,20,21,23). The number of aromatic nitrogens is 2. The molecule has 1 aromatic carbocycles. The van der Waals surface area contributed by atoms with Crippen LogP contribution in [0.3, 0.4) is 0 Å². The molecule has 8 heteroatoms. The highest BCUT2D eigenvalue weighted by Crippen LogP contribution is 2.30. The number of sulfonamides is 1. The molecule has 0 atom stereocenters. The van der Waals surface area contributed by atoms with Crippen LogP contribution in [-0.2, 0) is 22.9 Å². The summed E-state index contributed by atoms with van der Waals surface area (Å²) in [4.78, 5) is 21.1. The zero-order chi connectivity index (χ0) is 18.3. The lowest BCUT2D eigenvalue weighted by Crippen LogP contribution is -2.29. The van der Waals surface area contributed by atoms with Gasteiger partial charge in [0.2, 0.25) is 10.0 Å². The molecule has 4 rings (SSSR count). The molecule has 0 spiro atoms. The van der Waals surface area contributed by atoms with Crippen molar-refractivity contribution in [2.75, 3.05) is 12.4 Å². The largest absolute Gasteiger partial charge is 0.306 e. The zero-order valence-electron chi connectivity index (χ0n) is 14.5. The van der Waals surface area contributed by atoms with Crippen molar-refractivity contribution < 1.29 is 13.2 Å². The van der Waals surface area contributed by atoms with E-state index >= 15 is 0 Å². The van der Waals surface area contributed by atoms with Crippen LogP contribution >= 0.6 is 0 Å². The quantitative estimate of drug-likeness (QED) is 0.867. The van der Waals surface area contributed by atoms with E-state index in [1.54, 1.807) is 7.05 Å². The third-order valence-corrected chi connectivity index (χ3v) is 6.89. The maximum absolute atomic E-state index is 12.5. The van der Waals surface area contributed by atoms with E-state index in [1.807, 2.05) is 0 Å². The van der Waals surface area contributed by atoms with Crippen LogP contribution in [0.15, 0.2) is 35.5 Å². The van der Waals surface area contributed by atoms with E-state index in [1.165, 1.54) is 34.9 Å². The summed E-state index contributed by atoms with van der Waals surface area (Å²) in [5, 5.41) is 2.82. The van der Waals surface area contributed by atoms with Crippen molar-refractivity contribution in [2.24, 2.45) is 0 Å². The lowest BCUT2D eigenvalue weighted by Gasteiger charge is -2.16. The summed E-state index contributed by atoms with van der Waals surface area (Å²) in [5.74, 6) is 0.236. The third kappa shape index (κ3) is 3.10. The predicted molar refractivity (Wildman–Crippen MR) is 96.4 cm³/mol. The number of benzene rings is 1. The van der Waals surface area contributed by atoms with Gasteiger partial charge in [0.05, 0.1) is 4.90 Å². The minimum Gasteiger partial charge on any atom is -0.306 e. The number of carbonyl (C=O) groups is 1. The summed E-state index contributed by atoms with van der Waals surface area (Å²) in [6.07, 6.45) is 6.04. The highest BCUT2D eigenvalue weighted by Gasteiger charge is 2.35. The second-order valence-electron chi connectivity index (χ2n) is 6.73. The molecule has 0 radical (unpaired) electrons. The van der Waals surface area contributed by atoms with Crippen LogP contribution in [0.4, 0.5) is 5.82 Å². The van der Waals surface area contributed by atoms with Crippen LogP contribution < -0.4 is 5.32 Å². The molecule has 0 bridgehead atoms. The Bertz CT molecular complexity index is 953. The maximum Gasteiger partial charge on any atom is 0.256 e. The van der Waals surface area contributed by atoms with Gasteiger partial charge in [-0.05, 0) is 56.4 Å². The second-order valence-corrected chi connectivity index (χ2v) is 8.73. The van der Waals surface area contributed by atoms with Crippen LogP contribution in [0, 0.1) is 0 Å². The minimum atomic E-state index is -3.50. The normalized spacial score (nSPS) is 16.5. The van der Waals surface area contributed by atoms with Gasteiger partial charge in [-0.1, -0.05) is 0 Å². The van der Waals surface area contributed by atoms with Gasteiger partial charge in [0.15, 0.2) is 0 Å². The Balaban J connectivity index is 1.52. The number of hydrogen-bond acceptors (Lipinski definition) is 5. The van der Waals surface area contributed by atoms with Crippen LogP contribution in [-0.4, -0.2) is 41.7 Å². The highest BCUT2D eigenvalue weighted by molar-refractivity contribution is 7.89. The summed E-state index contributed by atoms with van der Waals surface area (Å²) in [6.45, 7) is 0. The molecule has 0 saturated heterocycles. The number of fused-ring (bicyclic) bond motifs is 1. The van der Waals surface area contributed by atoms with Gasteiger partial charge in [-0.3, -0.25) is 4.79 Å². The fourth-order valence-electron chi connectivity index (χ4n) is 3.23. The first kappa shape index (κ1) is 17.1. The van der Waals surface area contributed by atoms with Crippen molar-refractivity contribution in [3.63, 3.8) is 0 Å². The SMILES string of the molecule is CN(C1CC1)S(=O)(=O)c1ccc(C(=O)Nc2ncnc3c2CCC3)cc1. The first-order valence-electron chi connectivity index (χ1n) is 8.69. The molecule has 1 fully saturated rings. The molecule has 7 nitrogen and oxygen atoms in total. The third-order valence-electron chi connectivity index (χ3n) is 4.96. The zero-order valence-corrected chi connectivity index (χ0v) is 15.3. The molecule has 136 valence electrons. The number of nitrogens with one attached hydrogen (secondary N) is 1. The highest BCUT2D eigenvalue weighted by atomic mass is 32.2. The summed E-state index contributed by atoms with van der Waals surface area (Å²) < 4.78 is 26.5. The number of rotatable bonds is 5. The van der Waals surface area contributed by atoms with Crippen molar-refractivity contribution in [2.45, 2.75) is 43.0 Å². The van der Waals surface area contributed by atoms with E-state index in [-0.39, 0.29) is 16.8 Å². The Morgan fingerprint density at radius 3 is 2.58 bits per heavy atom. The number of amides is 1. The first-order valence-corrected chi connectivity index (χ1v) is 10.1. The number of aryl methyl sites for hydroxylation is 1. The van der Waals surface area contributed by atoms with Crippen LogP contribution in [0.5, 0.6) is 0 Å². The summed E-state index contributed by atoms with van der Waals surface area (Å²) >= 11 is 0. The van der Waals surface area contributed by atoms with Gasteiger partial charge in [-0.15, -0.1) is 0 Å². The Kier molecular flexibility index (Phi) is 4.24. The van der Waals surface area contributed by atoms with Crippen molar-refractivity contribution >= 4 is 21.7 Å². The minimum absolute atomic E-state index is 0.0998. The van der Waals surface area contributed by atoms with Gasteiger partial charge in [0, 0.05) is 29.9 Å². The fraction of sp³-hybridized carbons (Fsp3) is 0.389. The van der Waals surface area contributed by atoms with Crippen molar-refractivity contribution in [3.8, 4) is 0 Å². The van der Waals surface area contributed by atoms with Gasteiger partial charge in [-0.2, -0.15) is 4.31 Å². The van der Waals surface area contributed by atoms with Crippen molar-refractivity contribution in [3.05, 3.63) is 47.4 Å². The molecule has 1 aromatic heterocycles. The van der Waals surface area contributed by atoms with Crippen LogP contribution in [0.25, 0.3) is 0 Å². The van der Waals surface area contributed by atoms with Crippen molar-refractivity contribution in [1.29, 1.82) is 0 Å². The molecule has 0 aliphatic heterocycles. The molecule has 26 heavy (non-hydrogen) atoms.